The van der Waals surface area contributed by atoms with E-state index in [9.17, 15) is 22.4 Å². The molecule has 1 aromatic heterocycles. The van der Waals surface area contributed by atoms with Gasteiger partial charge in [0.05, 0.1) is 41.4 Å². The van der Waals surface area contributed by atoms with E-state index in [-0.39, 0.29) is 47.2 Å². The molecule has 11 heteroatoms. The number of sulfone groups is 1. The fourth-order valence-electron chi connectivity index (χ4n) is 2.75. The number of ether oxygens (including phenoxy) is 1. The van der Waals surface area contributed by atoms with Crippen molar-refractivity contribution in [3.8, 4) is 11.4 Å². The molecular weight excluding hydrogens is 389 g/mol. The van der Waals surface area contributed by atoms with Gasteiger partial charge in [-0.15, -0.1) is 0 Å². The molecule has 0 atom stereocenters. The van der Waals surface area contributed by atoms with Crippen LogP contribution in [-0.4, -0.2) is 40.0 Å². The van der Waals surface area contributed by atoms with Crippen LogP contribution in [0.25, 0.3) is 5.69 Å². The van der Waals surface area contributed by atoms with Crippen molar-refractivity contribution in [3.05, 3.63) is 43.9 Å². The van der Waals surface area contributed by atoms with Gasteiger partial charge in [-0.25, -0.2) is 36.3 Å². The molecule has 2 aromatic rings. The van der Waals surface area contributed by atoms with E-state index in [1.165, 1.54) is 6.07 Å². The average molecular weight is 406 g/mol. The van der Waals surface area contributed by atoms with Crippen LogP contribution in [0.3, 0.4) is 0 Å². The fourth-order valence-corrected chi connectivity index (χ4v) is 4.05. The van der Waals surface area contributed by atoms with Gasteiger partial charge in [-0.1, -0.05) is 11.6 Å². The molecule has 3 rings (SSSR count). The van der Waals surface area contributed by atoms with Crippen molar-refractivity contribution >= 4 is 21.4 Å². The van der Waals surface area contributed by atoms with E-state index in [1.807, 2.05) is 0 Å². The van der Waals surface area contributed by atoms with Crippen LogP contribution in [0.2, 0.25) is 5.02 Å². The highest BCUT2D eigenvalue weighted by Crippen LogP contribution is 2.29. The van der Waals surface area contributed by atoms with Crippen LogP contribution in [0, 0.1) is 5.82 Å². The lowest BCUT2D eigenvalue weighted by atomic mass is 10.2. The predicted octanol–water partition coefficient (Wildman–Crippen LogP) is 0.809. The molecule has 0 N–H and O–H groups in total. The van der Waals surface area contributed by atoms with Crippen molar-refractivity contribution in [2.24, 2.45) is 0 Å². The number of nitrogens with zero attached hydrogens (tertiary/aromatic N) is 3. The van der Waals surface area contributed by atoms with E-state index in [2.05, 4.69) is 0 Å². The average Bonchev–Trinajstić information content (AvgIpc) is 2.65. The van der Waals surface area contributed by atoms with Gasteiger partial charge < -0.3 is 4.74 Å². The van der Waals surface area contributed by atoms with Crippen molar-refractivity contribution in [1.82, 2.24) is 13.9 Å². The normalized spacial score (nSPS) is 16.3. The summed E-state index contributed by atoms with van der Waals surface area (Å²) in [5.41, 5.74) is -1.93. The van der Waals surface area contributed by atoms with Gasteiger partial charge in [-0.05, 0) is 19.9 Å². The van der Waals surface area contributed by atoms with E-state index in [4.69, 9.17) is 16.3 Å². The number of benzene rings is 1. The van der Waals surface area contributed by atoms with Gasteiger partial charge in [0.1, 0.15) is 11.6 Å². The number of halogens is 2. The van der Waals surface area contributed by atoms with Gasteiger partial charge in [0.15, 0.2) is 9.84 Å². The lowest BCUT2D eigenvalue weighted by Crippen LogP contribution is -2.30. The lowest BCUT2D eigenvalue weighted by Gasteiger charge is -2.13. The second kappa shape index (κ2) is 6.58. The molecule has 0 radical (unpaired) electrons. The van der Waals surface area contributed by atoms with Gasteiger partial charge in [0, 0.05) is 6.07 Å². The van der Waals surface area contributed by atoms with E-state index >= 15 is 0 Å². The third-order valence-corrected chi connectivity index (χ3v) is 5.85. The van der Waals surface area contributed by atoms with Crippen LogP contribution in [0.4, 0.5) is 4.39 Å². The Bertz CT molecular complexity index is 1040. The van der Waals surface area contributed by atoms with Gasteiger partial charge >= 0.3 is 11.4 Å². The van der Waals surface area contributed by atoms with Crippen LogP contribution in [0.5, 0.6) is 5.75 Å². The third kappa shape index (κ3) is 3.30. The summed E-state index contributed by atoms with van der Waals surface area (Å²) in [5.74, 6) is -1.25. The molecule has 0 saturated carbocycles. The summed E-state index contributed by atoms with van der Waals surface area (Å²) in [6.45, 7) is 3.16. The lowest BCUT2D eigenvalue weighted by molar-refractivity contribution is 0.242. The molecular formula is C15H17ClFN3O5S. The van der Waals surface area contributed by atoms with Crippen LogP contribution in [0.1, 0.15) is 13.8 Å². The van der Waals surface area contributed by atoms with Crippen LogP contribution >= 0.6 is 11.6 Å². The maximum atomic E-state index is 14.4. The largest absolute Gasteiger partial charge is 0.489 e. The maximum absolute atomic E-state index is 14.4. The predicted molar refractivity (Wildman–Crippen MR) is 93.7 cm³/mol. The molecule has 26 heavy (non-hydrogen) atoms. The van der Waals surface area contributed by atoms with E-state index in [0.29, 0.717) is 4.57 Å². The number of hydrogen-bond donors (Lipinski definition) is 0. The quantitative estimate of drug-likeness (QED) is 0.753. The molecule has 0 amide bonds. The smallest absolute Gasteiger partial charge is 0.351 e. The Morgan fingerprint density at radius 2 is 1.65 bits per heavy atom. The Labute approximate surface area is 153 Å². The Hall–Kier alpha value is -2.07. The molecule has 142 valence electrons. The van der Waals surface area contributed by atoms with Crippen LogP contribution < -0.4 is 16.1 Å². The molecule has 0 spiro atoms. The zero-order valence-electron chi connectivity index (χ0n) is 14.1. The summed E-state index contributed by atoms with van der Waals surface area (Å²) >= 11 is 5.96. The Morgan fingerprint density at radius 3 is 2.15 bits per heavy atom. The number of aromatic nitrogens is 3. The summed E-state index contributed by atoms with van der Waals surface area (Å²) in [6.07, 6.45) is -0.250. The number of fused-ring (bicyclic) bond motifs is 1. The van der Waals surface area contributed by atoms with Crippen LogP contribution in [0.15, 0.2) is 21.7 Å². The summed E-state index contributed by atoms with van der Waals surface area (Å²) < 4.78 is 46.1. The Balaban J connectivity index is 2.18. The maximum Gasteiger partial charge on any atom is 0.351 e. The topological polar surface area (TPSA) is 92.3 Å². The van der Waals surface area contributed by atoms with E-state index in [0.717, 1.165) is 15.4 Å². The van der Waals surface area contributed by atoms with Gasteiger partial charge in [-0.3, -0.25) is 0 Å². The SMILES string of the molecule is CC(C)Oc1cc(-n2c(=O)n3n(c2=O)CCS(=O)(=O)CC3)c(F)cc1Cl. The van der Waals surface area contributed by atoms with Crippen molar-refractivity contribution in [2.75, 3.05) is 11.5 Å². The zero-order chi connectivity index (χ0) is 19.2. The van der Waals surface area contributed by atoms with E-state index in [1.54, 1.807) is 13.8 Å². The molecule has 0 unspecified atom stereocenters. The Kier molecular flexibility index (Phi) is 4.74. The monoisotopic (exact) mass is 405 g/mol. The van der Waals surface area contributed by atoms with Crippen molar-refractivity contribution in [2.45, 2.75) is 33.0 Å². The minimum absolute atomic E-state index is 0.0139. The molecule has 0 saturated heterocycles. The fraction of sp³-hybridized carbons (Fsp3) is 0.467. The summed E-state index contributed by atoms with van der Waals surface area (Å²) in [5, 5.41) is 0.0139. The summed E-state index contributed by atoms with van der Waals surface area (Å²) in [4.78, 5) is 25.3. The third-order valence-electron chi connectivity index (χ3n) is 3.95. The van der Waals surface area contributed by atoms with Gasteiger partial charge in [0.2, 0.25) is 0 Å². The first-order chi connectivity index (χ1) is 12.1. The Morgan fingerprint density at radius 1 is 1.12 bits per heavy atom. The number of hydrogen-bond acceptors (Lipinski definition) is 5. The molecule has 1 aliphatic heterocycles. The standard InChI is InChI=1S/C15H17ClFN3O5S/c1-9(2)25-13-8-12(11(17)7-10(13)16)20-14(21)18-3-5-26(23,24)6-4-19(18)15(20)22/h7-9H,3-6H2,1-2H3. The van der Waals surface area contributed by atoms with Crippen molar-refractivity contribution in [3.63, 3.8) is 0 Å². The van der Waals surface area contributed by atoms with Crippen LogP contribution in [-0.2, 0) is 22.9 Å². The zero-order valence-corrected chi connectivity index (χ0v) is 15.7. The molecule has 8 nitrogen and oxygen atoms in total. The first kappa shape index (κ1) is 18.7. The molecule has 0 aliphatic carbocycles. The number of rotatable bonds is 3. The minimum atomic E-state index is -3.34. The highest BCUT2D eigenvalue weighted by atomic mass is 35.5. The highest BCUT2D eigenvalue weighted by Gasteiger charge is 2.26. The highest BCUT2D eigenvalue weighted by molar-refractivity contribution is 7.91. The van der Waals surface area contributed by atoms with Crippen molar-refractivity contribution < 1.29 is 17.5 Å². The molecule has 0 bridgehead atoms. The first-order valence-electron chi connectivity index (χ1n) is 7.90. The van der Waals surface area contributed by atoms with Crippen molar-refractivity contribution in [1.29, 1.82) is 0 Å². The van der Waals surface area contributed by atoms with Gasteiger partial charge in [0.25, 0.3) is 0 Å². The molecule has 2 heterocycles. The molecule has 1 aliphatic rings. The molecule has 0 fully saturated rings. The summed E-state index contributed by atoms with van der Waals surface area (Å²) in [6, 6.07) is 2.16. The molecule has 1 aromatic carbocycles. The van der Waals surface area contributed by atoms with Gasteiger partial charge in [-0.2, -0.15) is 0 Å². The first-order valence-corrected chi connectivity index (χ1v) is 10.1. The van der Waals surface area contributed by atoms with E-state index < -0.39 is 27.0 Å². The minimum Gasteiger partial charge on any atom is -0.489 e. The second-order valence-corrected chi connectivity index (χ2v) is 8.91. The second-order valence-electron chi connectivity index (χ2n) is 6.20. The summed E-state index contributed by atoms with van der Waals surface area (Å²) in [7, 11) is -3.34.